The largest absolute Gasteiger partial charge is 0.490 e. The van der Waals surface area contributed by atoms with Gasteiger partial charge in [-0.3, -0.25) is 0 Å². The number of ether oxygens (including phenoxy) is 2. The Hall–Kier alpha value is -1.54. The third-order valence-corrected chi connectivity index (χ3v) is 4.88. The molecule has 0 saturated carbocycles. The number of hydrogen-bond donors (Lipinski definition) is 0. The van der Waals surface area contributed by atoms with E-state index in [4.69, 9.17) is 9.47 Å². The maximum absolute atomic E-state index is 5.54. The lowest BCUT2D eigenvalue weighted by Crippen LogP contribution is -1.98. The van der Waals surface area contributed by atoms with E-state index in [1.54, 1.807) is 24.8 Å². The summed E-state index contributed by atoms with van der Waals surface area (Å²) < 4.78 is 11.1. The molecule has 0 fully saturated rings. The molecule has 0 aliphatic heterocycles. The van der Waals surface area contributed by atoms with E-state index in [1.165, 1.54) is 21.6 Å². The fraction of sp³-hybridized carbons (Fsp3) is 0.500. The Kier molecular flexibility index (Phi) is 8.69. The fourth-order valence-electron chi connectivity index (χ4n) is 1.59. The molecular formula is C16H22N4O2S2. The minimum atomic E-state index is 0.648. The monoisotopic (exact) mass is 366 g/mol. The summed E-state index contributed by atoms with van der Waals surface area (Å²) in [7, 11) is 2.82. The van der Waals surface area contributed by atoms with E-state index in [2.05, 4.69) is 33.8 Å². The summed E-state index contributed by atoms with van der Waals surface area (Å²) in [5, 5.41) is 1.30. The van der Waals surface area contributed by atoms with Crippen molar-refractivity contribution in [3.8, 4) is 11.5 Å². The number of hydrogen-bond acceptors (Lipinski definition) is 8. The number of rotatable bonds is 11. The highest BCUT2D eigenvalue weighted by Crippen LogP contribution is 2.33. The van der Waals surface area contributed by atoms with E-state index in [1.807, 2.05) is 0 Å². The van der Waals surface area contributed by atoms with Crippen LogP contribution in [-0.2, 0) is 0 Å². The predicted octanol–water partition coefficient (Wildman–Crippen LogP) is 4.42. The Balaban J connectivity index is 1.76. The Morgan fingerprint density at radius 3 is 1.42 bits per heavy atom. The molecule has 0 radical (unpaired) electrons. The van der Waals surface area contributed by atoms with Gasteiger partial charge in [0, 0.05) is 0 Å². The van der Waals surface area contributed by atoms with Crippen LogP contribution in [0.1, 0.15) is 39.5 Å². The van der Waals surface area contributed by atoms with Crippen LogP contribution in [0.4, 0.5) is 0 Å². The first-order valence-corrected chi connectivity index (χ1v) is 10.2. The van der Waals surface area contributed by atoms with Crippen molar-refractivity contribution in [1.29, 1.82) is 0 Å². The van der Waals surface area contributed by atoms with Crippen molar-refractivity contribution in [1.82, 2.24) is 19.9 Å². The van der Waals surface area contributed by atoms with Gasteiger partial charge in [-0.05, 0) is 34.4 Å². The van der Waals surface area contributed by atoms with Crippen LogP contribution in [0.25, 0.3) is 0 Å². The molecule has 0 aliphatic rings. The summed E-state index contributed by atoms with van der Waals surface area (Å²) in [4.78, 5) is 17.1. The molecule has 0 N–H and O–H groups in total. The summed E-state index contributed by atoms with van der Waals surface area (Å²) in [6, 6.07) is 0. The van der Waals surface area contributed by atoms with Gasteiger partial charge in [-0.1, -0.05) is 26.7 Å². The predicted molar refractivity (Wildman–Crippen MR) is 96.6 cm³/mol. The zero-order chi connectivity index (χ0) is 17.0. The van der Waals surface area contributed by atoms with Gasteiger partial charge in [0.25, 0.3) is 0 Å². The number of aromatic nitrogens is 4. The van der Waals surface area contributed by atoms with Gasteiger partial charge in [-0.2, -0.15) is 0 Å². The molecule has 0 aliphatic carbocycles. The van der Waals surface area contributed by atoms with Crippen LogP contribution in [0.15, 0.2) is 35.1 Å². The highest BCUT2D eigenvalue weighted by Gasteiger charge is 2.04. The smallest absolute Gasteiger partial charge is 0.199 e. The average molecular weight is 367 g/mol. The van der Waals surface area contributed by atoms with Crippen molar-refractivity contribution < 1.29 is 9.47 Å². The number of nitrogens with zero attached hydrogens (tertiary/aromatic N) is 4. The van der Waals surface area contributed by atoms with Gasteiger partial charge >= 0.3 is 0 Å². The quantitative estimate of drug-likeness (QED) is 0.329. The van der Waals surface area contributed by atoms with Gasteiger partial charge in [-0.15, -0.1) is 0 Å². The minimum absolute atomic E-state index is 0.648. The third kappa shape index (κ3) is 6.92. The van der Waals surface area contributed by atoms with Crippen LogP contribution in [0.2, 0.25) is 0 Å². The van der Waals surface area contributed by atoms with Gasteiger partial charge in [0.1, 0.15) is 0 Å². The molecule has 24 heavy (non-hydrogen) atoms. The van der Waals surface area contributed by atoms with E-state index in [9.17, 15) is 0 Å². The fourth-order valence-corrected chi connectivity index (χ4v) is 3.08. The van der Waals surface area contributed by atoms with Gasteiger partial charge in [0.15, 0.2) is 21.8 Å². The van der Waals surface area contributed by atoms with Crippen LogP contribution in [0.5, 0.6) is 11.5 Å². The zero-order valence-electron chi connectivity index (χ0n) is 14.0. The summed E-state index contributed by atoms with van der Waals surface area (Å²) >= 11 is 0. The molecule has 8 heteroatoms. The maximum atomic E-state index is 5.54. The molecule has 0 spiro atoms. The Labute approximate surface area is 150 Å². The van der Waals surface area contributed by atoms with Crippen LogP contribution in [0.3, 0.4) is 0 Å². The molecule has 130 valence electrons. The topological polar surface area (TPSA) is 70.0 Å². The molecule has 0 amide bonds. The molecule has 2 aromatic rings. The average Bonchev–Trinajstić information content (AvgIpc) is 2.63. The van der Waals surface area contributed by atoms with Gasteiger partial charge in [0.05, 0.1) is 38.0 Å². The van der Waals surface area contributed by atoms with Crippen molar-refractivity contribution in [3.63, 3.8) is 0 Å². The summed E-state index contributed by atoms with van der Waals surface area (Å²) in [6.45, 7) is 5.65. The molecular weight excluding hydrogens is 344 g/mol. The van der Waals surface area contributed by atoms with E-state index < -0.39 is 0 Å². The Morgan fingerprint density at radius 1 is 0.708 bits per heavy atom. The first-order chi connectivity index (χ1) is 11.8. The second-order valence-corrected chi connectivity index (χ2v) is 7.04. The van der Waals surface area contributed by atoms with Crippen LogP contribution in [0, 0.1) is 0 Å². The molecule has 0 unspecified atom stereocenters. The summed E-state index contributed by atoms with van der Waals surface area (Å²) in [5.74, 6) is 1.39. The van der Waals surface area contributed by atoms with E-state index >= 15 is 0 Å². The van der Waals surface area contributed by atoms with E-state index in [-0.39, 0.29) is 0 Å². The Bertz CT molecular complexity index is 528. The minimum Gasteiger partial charge on any atom is -0.490 e. The third-order valence-electron chi connectivity index (χ3n) is 2.93. The molecule has 6 nitrogen and oxygen atoms in total. The lowest BCUT2D eigenvalue weighted by atomic mass is 10.4. The van der Waals surface area contributed by atoms with Crippen LogP contribution < -0.4 is 9.47 Å². The molecule has 0 aromatic carbocycles. The second kappa shape index (κ2) is 11.1. The molecule has 0 saturated heterocycles. The summed E-state index contributed by atoms with van der Waals surface area (Å²) in [6.07, 6.45) is 11.0. The van der Waals surface area contributed by atoms with Crippen LogP contribution >= 0.6 is 21.6 Å². The van der Waals surface area contributed by atoms with Crippen molar-refractivity contribution in [2.24, 2.45) is 0 Å². The molecule has 2 heterocycles. The Morgan fingerprint density at radius 2 is 1.08 bits per heavy atom. The standard InChI is InChI=1S/C16H22N4O2S2/c1-3-5-7-21-13-9-17-15(18-10-13)23-24-16-19-11-14(12-20-16)22-8-6-4-2/h9-12H,3-8H2,1-2H3. The van der Waals surface area contributed by atoms with Crippen molar-refractivity contribution in [2.75, 3.05) is 13.2 Å². The highest BCUT2D eigenvalue weighted by molar-refractivity contribution is 8.76. The summed E-state index contributed by atoms with van der Waals surface area (Å²) in [5.41, 5.74) is 0. The molecule has 2 aromatic heterocycles. The van der Waals surface area contributed by atoms with Crippen LogP contribution in [-0.4, -0.2) is 33.1 Å². The second-order valence-electron chi connectivity index (χ2n) is 4.97. The van der Waals surface area contributed by atoms with E-state index in [0.29, 0.717) is 35.0 Å². The molecule has 0 atom stereocenters. The molecule has 2 rings (SSSR count). The first-order valence-electron chi connectivity index (χ1n) is 8.06. The van der Waals surface area contributed by atoms with E-state index in [0.717, 1.165) is 25.7 Å². The molecule has 0 bridgehead atoms. The SMILES string of the molecule is CCCCOc1cnc(SSc2ncc(OCCCC)cn2)nc1. The van der Waals surface area contributed by atoms with Gasteiger partial charge < -0.3 is 9.47 Å². The van der Waals surface area contributed by atoms with Crippen molar-refractivity contribution >= 4 is 21.6 Å². The van der Waals surface area contributed by atoms with Gasteiger partial charge in [-0.25, -0.2) is 19.9 Å². The number of unbranched alkanes of at least 4 members (excludes halogenated alkanes) is 2. The zero-order valence-corrected chi connectivity index (χ0v) is 15.6. The normalized spacial score (nSPS) is 10.6. The van der Waals surface area contributed by atoms with Crippen molar-refractivity contribution in [3.05, 3.63) is 24.8 Å². The van der Waals surface area contributed by atoms with Gasteiger partial charge in [0.2, 0.25) is 0 Å². The van der Waals surface area contributed by atoms with Crippen molar-refractivity contribution in [2.45, 2.75) is 49.8 Å². The maximum Gasteiger partial charge on any atom is 0.199 e. The lowest BCUT2D eigenvalue weighted by molar-refractivity contribution is 0.306. The highest BCUT2D eigenvalue weighted by atomic mass is 33.1. The first kappa shape index (κ1) is 18.8. The lowest BCUT2D eigenvalue weighted by Gasteiger charge is -2.05.